The first-order chi connectivity index (χ1) is 15.7. The summed E-state index contributed by atoms with van der Waals surface area (Å²) in [6.07, 6.45) is 0. The molecule has 0 bridgehead atoms. The minimum atomic E-state index is 0.456. The van der Waals surface area contributed by atoms with Gasteiger partial charge in [0.25, 0.3) is 0 Å². The van der Waals surface area contributed by atoms with Crippen LogP contribution in [-0.4, -0.2) is 41.2 Å². The molecule has 0 fully saturated rings. The Kier molecular flexibility index (Phi) is 6.86. The molecule has 0 aliphatic heterocycles. The van der Waals surface area contributed by atoms with E-state index in [9.17, 15) is 0 Å². The molecule has 0 saturated carbocycles. The van der Waals surface area contributed by atoms with Crippen LogP contribution in [0.1, 0.15) is 12.8 Å². The summed E-state index contributed by atoms with van der Waals surface area (Å²) in [5.74, 6) is 3.56. The van der Waals surface area contributed by atoms with Gasteiger partial charge in [-0.3, -0.25) is 0 Å². The van der Waals surface area contributed by atoms with Crippen LogP contribution < -0.4 is 14.2 Å². The molecule has 32 heavy (non-hydrogen) atoms. The summed E-state index contributed by atoms with van der Waals surface area (Å²) in [5, 5.41) is 13.5. The van der Waals surface area contributed by atoms with Gasteiger partial charge in [-0.05, 0) is 55.5 Å². The third-order valence-electron chi connectivity index (χ3n) is 4.56. The average Bonchev–Trinajstić information content (AvgIpc) is 3.32. The van der Waals surface area contributed by atoms with Crippen molar-refractivity contribution >= 4 is 11.8 Å². The first-order valence-electron chi connectivity index (χ1n) is 9.95. The first-order valence-corrected chi connectivity index (χ1v) is 10.9. The Labute approximate surface area is 189 Å². The van der Waals surface area contributed by atoms with Crippen molar-refractivity contribution in [2.24, 2.45) is 0 Å². The van der Waals surface area contributed by atoms with Crippen LogP contribution in [0.3, 0.4) is 0 Å². The molecule has 2 aromatic carbocycles. The van der Waals surface area contributed by atoms with Gasteiger partial charge in [0.15, 0.2) is 0 Å². The highest BCUT2D eigenvalue weighted by atomic mass is 32.2. The molecule has 0 saturated heterocycles. The molecular weight excluding hydrogens is 428 g/mol. The zero-order valence-electron chi connectivity index (χ0n) is 17.9. The van der Waals surface area contributed by atoms with Gasteiger partial charge in [0, 0.05) is 11.6 Å². The molecule has 164 valence electrons. The predicted octanol–water partition coefficient (Wildman–Crippen LogP) is 4.90. The van der Waals surface area contributed by atoms with Crippen molar-refractivity contribution in [2.45, 2.75) is 17.7 Å². The highest BCUT2D eigenvalue weighted by Crippen LogP contribution is 2.32. The van der Waals surface area contributed by atoms with Gasteiger partial charge < -0.3 is 18.7 Å². The second-order valence-corrected chi connectivity index (χ2v) is 7.58. The number of hydrogen-bond acceptors (Lipinski definition) is 9. The summed E-state index contributed by atoms with van der Waals surface area (Å²) in [6, 6.07) is 17.1. The Hall–Kier alpha value is -3.59. The largest absolute Gasteiger partial charge is 0.497 e. The van der Waals surface area contributed by atoms with Gasteiger partial charge in [-0.25, -0.2) is 0 Å². The number of benzene rings is 2. The van der Waals surface area contributed by atoms with Gasteiger partial charge in [-0.2, -0.15) is 4.98 Å². The Morgan fingerprint density at radius 1 is 0.906 bits per heavy atom. The number of rotatable bonds is 9. The number of methoxy groups -OCH3 is 2. The minimum absolute atomic E-state index is 0.456. The molecule has 2 aromatic heterocycles. The normalized spacial score (nSPS) is 10.7. The maximum atomic E-state index is 5.47. The molecule has 9 heteroatoms. The lowest BCUT2D eigenvalue weighted by molar-refractivity contribution is 0.340. The average molecular weight is 451 g/mol. The second-order valence-electron chi connectivity index (χ2n) is 6.58. The summed E-state index contributed by atoms with van der Waals surface area (Å²) in [7, 11) is 3.19. The quantitative estimate of drug-likeness (QED) is 0.330. The molecule has 4 aromatic rings. The van der Waals surface area contributed by atoms with Gasteiger partial charge in [-0.1, -0.05) is 16.9 Å². The fraction of sp³-hybridized carbons (Fsp3) is 0.217. The molecule has 8 nitrogen and oxygen atoms in total. The van der Waals surface area contributed by atoms with Crippen LogP contribution >= 0.6 is 11.8 Å². The van der Waals surface area contributed by atoms with Gasteiger partial charge in [0.1, 0.15) is 22.3 Å². The van der Waals surface area contributed by atoms with Crippen LogP contribution in [0.15, 0.2) is 64.1 Å². The molecule has 0 unspecified atom stereocenters. The fourth-order valence-corrected chi connectivity index (χ4v) is 3.63. The lowest BCUT2D eigenvalue weighted by Crippen LogP contribution is -1.93. The van der Waals surface area contributed by atoms with Crippen molar-refractivity contribution in [3.63, 3.8) is 0 Å². The van der Waals surface area contributed by atoms with E-state index in [4.69, 9.17) is 18.7 Å². The van der Waals surface area contributed by atoms with Crippen LogP contribution in [0.4, 0.5) is 0 Å². The summed E-state index contributed by atoms with van der Waals surface area (Å²) < 4.78 is 21.5. The van der Waals surface area contributed by atoms with E-state index in [0.717, 1.165) is 27.6 Å². The first kappa shape index (κ1) is 21.6. The van der Waals surface area contributed by atoms with Gasteiger partial charge in [0.05, 0.1) is 37.8 Å². The van der Waals surface area contributed by atoms with Crippen LogP contribution in [-0.2, 0) is 5.75 Å². The maximum Gasteiger partial charge on any atom is 0.237 e. The lowest BCUT2D eigenvalue weighted by Gasteiger charge is -2.07. The molecule has 4 rings (SSSR count). The van der Waals surface area contributed by atoms with Crippen LogP contribution in [0.5, 0.6) is 17.2 Å². The van der Waals surface area contributed by atoms with Crippen LogP contribution in [0.25, 0.3) is 22.6 Å². The monoisotopic (exact) mass is 450 g/mol. The van der Waals surface area contributed by atoms with Crippen molar-refractivity contribution in [3.05, 3.63) is 60.5 Å². The summed E-state index contributed by atoms with van der Waals surface area (Å²) >= 11 is 1.47. The van der Waals surface area contributed by atoms with E-state index in [0.29, 0.717) is 35.6 Å². The van der Waals surface area contributed by atoms with Crippen LogP contribution in [0, 0.1) is 0 Å². The predicted molar refractivity (Wildman–Crippen MR) is 121 cm³/mol. The molecule has 2 heterocycles. The molecule has 0 spiro atoms. The second kappa shape index (κ2) is 10.1. The van der Waals surface area contributed by atoms with E-state index in [-0.39, 0.29) is 0 Å². The Morgan fingerprint density at radius 2 is 1.72 bits per heavy atom. The van der Waals surface area contributed by atoms with Gasteiger partial charge in [-0.15, -0.1) is 10.2 Å². The van der Waals surface area contributed by atoms with Crippen LogP contribution in [0.2, 0.25) is 0 Å². The number of hydrogen-bond donors (Lipinski definition) is 0. The number of nitrogens with zero attached hydrogens (tertiary/aromatic N) is 4. The molecular formula is C23H22N4O4S. The van der Waals surface area contributed by atoms with E-state index in [1.165, 1.54) is 11.8 Å². The van der Waals surface area contributed by atoms with Crippen molar-refractivity contribution in [1.82, 2.24) is 20.3 Å². The van der Waals surface area contributed by atoms with E-state index < -0.39 is 0 Å². The molecule has 0 amide bonds. The van der Waals surface area contributed by atoms with Crippen molar-refractivity contribution in [1.29, 1.82) is 0 Å². The third kappa shape index (κ3) is 5.00. The molecule has 0 atom stereocenters. The number of aromatic nitrogens is 4. The third-order valence-corrected chi connectivity index (χ3v) is 5.47. The Morgan fingerprint density at radius 3 is 2.41 bits per heavy atom. The highest BCUT2D eigenvalue weighted by molar-refractivity contribution is 7.98. The molecule has 0 aliphatic rings. The minimum Gasteiger partial charge on any atom is -0.497 e. The topological polar surface area (TPSA) is 92.4 Å². The maximum absolute atomic E-state index is 5.47. The van der Waals surface area contributed by atoms with E-state index in [2.05, 4.69) is 20.3 Å². The standard InChI is InChI=1S/C23H22N4O4S/c1-4-30-16-7-5-15(6-8-16)19-11-12-22(26-25-19)32-14-21-24-23(27-31-21)18-10-9-17(28-2)13-20(18)29-3/h5-13H,4,14H2,1-3H3. The zero-order chi connectivity index (χ0) is 22.3. The van der Waals surface area contributed by atoms with E-state index >= 15 is 0 Å². The fourth-order valence-electron chi connectivity index (χ4n) is 2.98. The Balaban J connectivity index is 1.40. The van der Waals surface area contributed by atoms with Gasteiger partial charge in [0.2, 0.25) is 11.7 Å². The summed E-state index contributed by atoms with van der Waals surface area (Å²) in [4.78, 5) is 4.47. The SMILES string of the molecule is CCOc1ccc(-c2ccc(SCc3nc(-c4ccc(OC)cc4OC)no3)nn2)cc1. The summed E-state index contributed by atoms with van der Waals surface area (Å²) in [5.41, 5.74) is 2.50. The van der Waals surface area contributed by atoms with Crippen molar-refractivity contribution in [3.8, 4) is 39.9 Å². The molecule has 0 N–H and O–H groups in total. The number of thioether (sulfide) groups is 1. The number of ether oxygens (including phenoxy) is 3. The zero-order valence-corrected chi connectivity index (χ0v) is 18.8. The highest BCUT2D eigenvalue weighted by Gasteiger charge is 2.15. The Bertz CT molecular complexity index is 1160. The summed E-state index contributed by atoms with van der Waals surface area (Å²) in [6.45, 7) is 2.60. The molecule has 0 aliphatic carbocycles. The van der Waals surface area contributed by atoms with E-state index in [1.807, 2.05) is 55.5 Å². The van der Waals surface area contributed by atoms with Crippen molar-refractivity contribution < 1.29 is 18.7 Å². The molecule has 0 radical (unpaired) electrons. The lowest BCUT2D eigenvalue weighted by atomic mass is 10.1. The van der Waals surface area contributed by atoms with Crippen molar-refractivity contribution in [2.75, 3.05) is 20.8 Å². The smallest absolute Gasteiger partial charge is 0.237 e. The van der Waals surface area contributed by atoms with E-state index in [1.54, 1.807) is 20.3 Å². The van der Waals surface area contributed by atoms with Gasteiger partial charge >= 0.3 is 0 Å².